The van der Waals surface area contributed by atoms with E-state index < -0.39 is 0 Å². The van der Waals surface area contributed by atoms with Crippen LogP contribution >= 0.6 is 0 Å². The van der Waals surface area contributed by atoms with Gasteiger partial charge >= 0.3 is 0 Å². The quantitative estimate of drug-likeness (QED) is 0.916. The van der Waals surface area contributed by atoms with Crippen LogP contribution in [0.4, 0.5) is 5.69 Å². The molecule has 20 heavy (non-hydrogen) atoms. The fourth-order valence-electron chi connectivity index (χ4n) is 3.22. The molecule has 3 heteroatoms. The maximum absolute atomic E-state index is 6.19. The number of hydrogen-bond acceptors (Lipinski definition) is 3. The lowest BCUT2D eigenvalue weighted by atomic mass is 9.88. The molecule has 1 aliphatic heterocycles. The van der Waals surface area contributed by atoms with Crippen LogP contribution in [0.2, 0.25) is 0 Å². The number of aryl methyl sites for hydroxylation is 1. The van der Waals surface area contributed by atoms with Crippen molar-refractivity contribution in [3.05, 3.63) is 29.8 Å². The molecule has 0 aromatic heterocycles. The second kappa shape index (κ2) is 6.59. The number of likely N-dealkylation sites (N-methyl/N-ethyl adjacent to an activating group) is 1. The molecular weight excluding hydrogens is 246 g/mol. The Balaban J connectivity index is 2.20. The van der Waals surface area contributed by atoms with Gasteiger partial charge in [-0.3, -0.25) is 0 Å². The Hall–Kier alpha value is -1.06. The standard InChI is InChI=1S/C17H29N3/c1-4-15-6-8-16(9-7-15)20(3)17(14-18)10-5-12-19(2)13-11-17/h6-9H,4-5,10-14,18H2,1-3H3. The predicted molar refractivity (Wildman–Crippen MR) is 87.4 cm³/mol. The van der Waals surface area contributed by atoms with E-state index in [0.29, 0.717) is 0 Å². The second-order valence-electron chi connectivity index (χ2n) is 6.16. The van der Waals surface area contributed by atoms with Gasteiger partial charge in [-0.25, -0.2) is 0 Å². The molecule has 1 aliphatic rings. The van der Waals surface area contributed by atoms with E-state index in [2.05, 4.69) is 55.1 Å². The van der Waals surface area contributed by atoms with E-state index in [1.807, 2.05) is 0 Å². The molecule has 1 aromatic carbocycles. The van der Waals surface area contributed by atoms with Crippen LogP contribution in [0.15, 0.2) is 24.3 Å². The highest BCUT2D eigenvalue weighted by atomic mass is 15.2. The van der Waals surface area contributed by atoms with Crippen LogP contribution in [-0.4, -0.2) is 44.2 Å². The highest BCUT2D eigenvalue weighted by Gasteiger charge is 2.34. The first-order valence-electron chi connectivity index (χ1n) is 7.83. The molecule has 1 saturated heterocycles. The Morgan fingerprint density at radius 2 is 1.90 bits per heavy atom. The summed E-state index contributed by atoms with van der Waals surface area (Å²) < 4.78 is 0. The third kappa shape index (κ3) is 3.15. The Labute approximate surface area is 123 Å². The third-order valence-electron chi connectivity index (χ3n) is 4.96. The smallest absolute Gasteiger partial charge is 0.0533 e. The van der Waals surface area contributed by atoms with E-state index in [1.165, 1.54) is 30.6 Å². The van der Waals surface area contributed by atoms with Crippen LogP contribution in [0.3, 0.4) is 0 Å². The highest BCUT2D eigenvalue weighted by Crippen LogP contribution is 2.31. The Kier molecular flexibility index (Phi) is 5.06. The Bertz CT molecular complexity index is 415. The van der Waals surface area contributed by atoms with Gasteiger partial charge in [-0.2, -0.15) is 0 Å². The molecule has 1 heterocycles. The number of anilines is 1. The average Bonchev–Trinajstić information content (AvgIpc) is 2.69. The predicted octanol–water partition coefficient (Wildman–Crippen LogP) is 2.50. The van der Waals surface area contributed by atoms with Crippen molar-refractivity contribution in [2.45, 2.75) is 38.1 Å². The van der Waals surface area contributed by atoms with Gasteiger partial charge in [0.25, 0.3) is 0 Å². The number of nitrogens with two attached hydrogens (primary N) is 1. The Morgan fingerprint density at radius 1 is 1.20 bits per heavy atom. The zero-order chi connectivity index (χ0) is 14.6. The topological polar surface area (TPSA) is 32.5 Å². The van der Waals surface area contributed by atoms with Gasteiger partial charge in [0.1, 0.15) is 0 Å². The molecule has 0 spiro atoms. The first-order valence-corrected chi connectivity index (χ1v) is 7.83. The molecule has 0 saturated carbocycles. The number of nitrogens with zero attached hydrogens (tertiary/aromatic N) is 2. The fraction of sp³-hybridized carbons (Fsp3) is 0.647. The van der Waals surface area contributed by atoms with E-state index in [0.717, 1.165) is 25.9 Å². The summed E-state index contributed by atoms with van der Waals surface area (Å²) in [4.78, 5) is 4.84. The zero-order valence-corrected chi connectivity index (χ0v) is 13.2. The number of benzene rings is 1. The van der Waals surface area contributed by atoms with Crippen molar-refractivity contribution in [3.63, 3.8) is 0 Å². The summed E-state index contributed by atoms with van der Waals surface area (Å²) in [5.74, 6) is 0. The number of rotatable bonds is 4. The van der Waals surface area contributed by atoms with Crippen molar-refractivity contribution in [1.82, 2.24) is 4.90 Å². The van der Waals surface area contributed by atoms with E-state index in [-0.39, 0.29) is 5.54 Å². The van der Waals surface area contributed by atoms with E-state index >= 15 is 0 Å². The van der Waals surface area contributed by atoms with Gasteiger partial charge in [0.15, 0.2) is 0 Å². The minimum absolute atomic E-state index is 0.110. The van der Waals surface area contributed by atoms with Crippen molar-refractivity contribution in [2.24, 2.45) is 5.73 Å². The molecule has 0 radical (unpaired) electrons. The van der Waals surface area contributed by atoms with Gasteiger partial charge in [-0.1, -0.05) is 19.1 Å². The van der Waals surface area contributed by atoms with E-state index in [1.54, 1.807) is 0 Å². The molecule has 112 valence electrons. The van der Waals surface area contributed by atoms with Gasteiger partial charge in [-0.05, 0) is 57.0 Å². The molecule has 3 nitrogen and oxygen atoms in total. The Morgan fingerprint density at radius 3 is 2.50 bits per heavy atom. The fourth-order valence-corrected chi connectivity index (χ4v) is 3.22. The normalized spacial score (nSPS) is 24.4. The summed E-state index contributed by atoms with van der Waals surface area (Å²) in [5.41, 5.74) is 8.98. The highest BCUT2D eigenvalue weighted by molar-refractivity contribution is 5.49. The number of likely N-dealkylation sites (tertiary alicyclic amines) is 1. The van der Waals surface area contributed by atoms with Crippen molar-refractivity contribution >= 4 is 5.69 Å². The van der Waals surface area contributed by atoms with Gasteiger partial charge in [-0.15, -0.1) is 0 Å². The van der Waals surface area contributed by atoms with Crippen molar-refractivity contribution < 1.29 is 0 Å². The van der Waals surface area contributed by atoms with Crippen molar-refractivity contribution in [1.29, 1.82) is 0 Å². The molecule has 1 unspecified atom stereocenters. The molecule has 0 aliphatic carbocycles. The lowest BCUT2D eigenvalue weighted by molar-refractivity contribution is 0.324. The molecule has 1 atom stereocenters. The summed E-state index contributed by atoms with van der Waals surface area (Å²) >= 11 is 0. The second-order valence-corrected chi connectivity index (χ2v) is 6.16. The van der Waals surface area contributed by atoms with Crippen molar-refractivity contribution in [2.75, 3.05) is 38.6 Å². The van der Waals surface area contributed by atoms with Crippen LogP contribution in [0.25, 0.3) is 0 Å². The van der Waals surface area contributed by atoms with E-state index in [9.17, 15) is 0 Å². The summed E-state index contributed by atoms with van der Waals surface area (Å²) in [6.45, 7) is 5.24. The van der Waals surface area contributed by atoms with E-state index in [4.69, 9.17) is 5.73 Å². The van der Waals surface area contributed by atoms with Gasteiger partial charge in [0, 0.05) is 25.8 Å². The van der Waals surface area contributed by atoms with Gasteiger partial charge in [0.05, 0.1) is 5.54 Å². The van der Waals surface area contributed by atoms with Crippen LogP contribution in [0.5, 0.6) is 0 Å². The zero-order valence-electron chi connectivity index (χ0n) is 13.2. The molecule has 0 bridgehead atoms. The lowest BCUT2D eigenvalue weighted by Gasteiger charge is -2.42. The average molecular weight is 275 g/mol. The molecule has 2 rings (SSSR count). The monoisotopic (exact) mass is 275 g/mol. The molecule has 2 N–H and O–H groups in total. The molecular formula is C17H29N3. The molecule has 0 amide bonds. The first kappa shape index (κ1) is 15.3. The molecule has 1 aromatic rings. The summed E-state index contributed by atoms with van der Waals surface area (Å²) in [6, 6.07) is 8.95. The van der Waals surface area contributed by atoms with Crippen LogP contribution in [0, 0.1) is 0 Å². The maximum atomic E-state index is 6.19. The minimum Gasteiger partial charge on any atom is -0.368 e. The lowest BCUT2D eigenvalue weighted by Crippen LogP contribution is -2.53. The van der Waals surface area contributed by atoms with Gasteiger partial charge in [0.2, 0.25) is 0 Å². The minimum atomic E-state index is 0.110. The van der Waals surface area contributed by atoms with Crippen LogP contribution < -0.4 is 10.6 Å². The van der Waals surface area contributed by atoms with Gasteiger partial charge < -0.3 is 15.5 Å². The van der Waals surface area contributed by atoms with Crippen LogP contribution in [-0.2, 0) is 6.42 Å². The van der Waals surface area contributed by atoms with Crippen LogP contribution in [0.1, 0.15) is 31.7 Å². The maximum Gasteiger partial charge on any atom is 0.0533 e. The first-order chi connectivity index (χ1) is 9.61. The number of hydrogen-bond donors (Lipinski definition) is 1. The SMILES string of the molecule is CCc1ccc(N(C)C2(CN)CCCN(C)CC2)cc1. The summed E-state index contributed by atoms with van der Waals surface area (Å²) in [7, 11) is 4.42. The largest absolute Gasteiger partial charge is 0.368 e. The summed E-state index contributed by atoms with van der Waals surface area (Å²) in [6.07, 6.45) is 4.65. The summed E-state index contributed by atoms with van der Waals surface area (Å²) in [5, 5.41) is 0. The molecule has 1 fully saturated rings. The van der Waals surface area contributed by atoms with Crippen molar-refractivity contribution in [3.8, 4) is 0 Å². The third-order valence-corrected chi connectivity index (χ3v) is 4.96.